The summed E-state index contributed by atoms with van der Waals surface area (Å²) in [6.45, 7) is 8.30. The summed E-state index contributed by atoms with van der Waals surface area (Å²) in [6.07, 6.45) is 5.65. The topological polar surface area (TPSA) is 258 Å². The third-order valence-corrected chi connectivity index (χ3v) is 8.50. The van der Waals surface area contributed by atoms with Crippen LogP contribution in [0.2, 0.25) is 5.02 Å². The standard InChI is InChI=1S/C23H19ClFN7O.C6H7IN2O2.C6H9N3O2.CH4/c1-12-3-21(27)30-13(2)17(12)9-29-23(33)18-11-32(31-20(18)7-26)10-14-4-15-6-16(24)8-28-22(15)19(25)5-14;2*1-2-11-6(10)4-3-8-9-5(4)7;/h3-6,8,11H,9-10H2,1-2H3,(H2,27,30)(H,29,33);3H,2H2,1H3,(H,8,9);3H,2H2,1H3,(H3,7,8,9);1H4. The van der Waals surface area contributed by atoms with E-state index in [9.17, 15) is 24.0 Å². The first-order valence-corrected chi connectivity index (χ1v) is 17.8. The number of benzene rings is 1. The fraction of sp³-hybridized carbons (Fsp3) is 0.250. The molecule has 0 bridgehead atoms. The number of pyridine rings is 2. The highest BCUT2D eigenvalue weighted by Crippen LogP contribution is 2.22. The quantitative estimate of drug-likeness (QED) is 0.0868. The first-order valence-electron chi connectivity index (χ1n) is 16.3. The predicted octanol–water partition coefficient (Wildman–Crippen LogP) is 5.66. The Morgan fingerprint density at radius 1 is 1.00 bits per heavy atom. The van der Waals surface area contributed by atoms with Gasteiger partial charge in [0, 0.05) is 30.0 Å². The molecule has 6 rings (SSSR count). The summed E-state index contributed by atoms with van der Waals surface area (Å²) in [5.41, 5.74) is 15.3. The Labute approximate surface area is 339 Å². The lowest BCUT2D eigenvalue weighted by molar-refractivity contribution is 0.0516. The molecule has 294 valence electrons. The van der Waals surface area contributed by atoms with E-state index in [2.05, 4.69) is 45.5 Å². The number of aryl methyl sites for hydroxylation is 2. The fourth-order valence-corrected chi connectivity index (χ4v) is 5.64. The van der Waals surface area contributed by atoms with Crippen LogP contribution in [-0.2, 0) is 22.6 Å². The maximum Gasteiger partial charge on any atom is 0.343 e. The van der Waals surface area contributed by atoms with Crippen molar-refractivity contribution in [3.8, 4) is 6.07 Å². The molecule has 0 saturated heterocycles. The number of amides is 1. The van der Waals surface area contributed by atoms with Gasteiger partial charge >= 0.3 is 11.9 Å². The van der Waals surface area contributed by atoms with E-state index in [1.165, 1.54) is 35.5 Å². The number of hydrogen-bond acceptors (Lipinski definition) is 13. The minimum absolute atomic E-state index is 0. The van der Waals surface area contributed by atoms with Gasteiger partial charge in [-0.25, -0.2) is 19.0 Å². The summed E-state index contributed by atoms with van der Waals surface area (Å²) in [7, 11) is 0. The SMILES string of the molecule is C.CCOC(=O)c1cn[nH]c1I.CCOC(=O)c1cn[nH]c1N.Cc1cc(N)nc(C)c1CNC(=O)c1cn(Cc2cc(F)c3ncc(Cl)cc3c2)nc1C#N. The van der Waals surface area contributed by atoms with Crippen molar-refractivity contribution in [1.29, 1.82) is 5.26 Å². The lowest BCUT2D eigenvalue weighted by Gasteiger charge is -2.11. The Morgan fingerprint density at radius 3 is 2.25 bits per heavy atom. The number of H-pyrrole nitrogens is 2. The van der Waals surface area contributed by atoms with Gasteiger partial charge in [0.2, 0.25) is 0 Å². The molecule has 6 aromatic rings. The molecule has 5 heterocycles. The molecule has 5 aromatic heterocycles. The van der Waals surface area contributed by atoms with Crippen LogP contribution in [0.4, 0.5) is 16.0 Å². The molecule has 0 aliphatic rings. The van der Waals surface area contributed by atoms with Gasteiger partial charge in [0.25, 0.3) is 5.91 Å². The molecular formula is C36H39ClFIN12O5. The molecule has 0 aliphatic carbocycles. The number of aromatic amines is 2. The summed E-state index contributed by atoms with van der Waals surface area (Å²) in [5.74, 6) is -1.06. The molecule has 0 aliphatic heterocycles. The van der Waals surface area contributed by atoms with E-state index in [4.69, 9.17) is 27.8 Å². The summed E-state index contributed by atoms with van der Waals surface area (Å²) >= 11 is 7.96. The number of aromatic nitrogens is 8. The molecule has 0 radical (unpaired) electrons. The van der Waals surface area contributed by atoms with Crippen LogP contribution in [0.3, 0.4) is 0 Å². The molecule has 17 nitrogen and oxygen atoms in total. The van der Waals surface area contributed by atoms with Crippen LogP contribution in [0.5, 0.6) is 0 Å². The number of carbonyl (C=O) groups excluding carboxylic acids is 3. The van der Waals surface area contributed by atoms with Gasteiger partial charge in [-0.3, -0.25) is 24.7 Å². The van der Waals surface area contributed by atoms with Gasteiger partial charge in [-0.05, 0) is 91.2 Å². The number of rotatable bonds is 9. The van der Waals surface area contributed by atoms with Crippen molar-refractivity contribution in [2.24, 2.45) is 0 Å². The van der Waals surface area contributed by atoms with Crippen LogP contribution >= 0.6 is 34.2 Å². The van der Waals surface area contributed by atoms with E-state index < -0.39 is 17.7 Å². The second kappa shape index (κ2) is 20.5. The number of anilines is 2. The van der Waals surface area contributed by atoms with Crippen molar-refractivity contribution in [1.82, 2.24) is 45.5 Å². The number of nitrogens with one attached hydrogen (secondary N) is 3. The van der Waals surface area contributed by atoms with E-state index in [-0.39, 0.29) is 54.6 Å². The Balaban J connectivity index is 0.000000298. The summed E-state index contributed by atoms with van der Waals surface area (Å²) in [4.78, 5) is 43.0. The van der Waals surface area contributed by atoms with Gasteiger partial charge in [-0.2, -0.15) is 20.6 Å². The molecule has 0 spiro atoms. The van der Waals surface area contributed by atoms with Crippen molar-refractivity contribution in [3.63, 3.8) is 0 Å². The molecule has 0 saturated carbocycles. The number of fused-ring (bicyclic) bond motifs is 1. The number of nitrogens with two attached hydrogens (primary N) is 2. The van der Waals surface area contributed by atoms with Gasteiger partial charge < -0.3 is 26.3 Å². The summed E-state index contributed by atoms with van der Waals surface area (Å²) in [5, 5.41) is 29.7. The highest BCUT2D eigenvalue weighted by atomic mass is 127. The van der Waals surface area contributed by atoms with Crippen molar-refractivity contribution >= 4 is 74.6 Å². The van der Waals surface area contributed by atoms with Crippen LogP contribution in [0.25, 0.3) is 10.9 Å². The van der Waals surface area contributed by atoms with Crippen LogP contribution in [0.1, 0.15) is 80.4 Å². The van der Waals surface area contributed by atoms with Crippen LogP contribution in [0, 0.1) is 34.7 Å². The first-order chi connectivity index (χ1) is 26.3. The van der Waals surface area contributed by atoms with E-state index in [1.54, 1.807) is 32.0 Å². The fourth-order valence-electron chi connectivity index (χ4n) is 4.97. The Kier molecular flexibility index (Phi) is 16.2. The number of nitrogens with zero attached hydrogens (tertiary/aromatic N) is 7. The predicted molar refractivity (Wildman–Crippen MR) is 215 cm³/mol. The normalized spacial score (nSPS) is 10.2. The smallest absolute Gasteiger partial charge is 0.343 e. The zero-order chi connectivity index (χ0) is 40.2. The zero-order valence-corrected chi connectivity index (χ0v) is 32.8. The Hall–Kier alpha value is -6.14. The van der Waals surface area contributed by atoms with Gasteiger partial charge in [-0.1, -0.05) is 19.0 Å². The monoisotopic (exact) mass is 900 g/mol. The molecule has 0 unspecified atom stereocenters. The number of nitriles is 1. The highest BCUT2D eigenvalue weighted by Gasteiger charge is 2.18. The second-order valence-corrected chi connectivity index (χ2v) is 12.9. The maximum absolute atomic E-state index is 14.4. The van der Waals surface area contributed by atoms with E-state index in [0.717, 1.165) is 16.8 Å². The maximum atomic E-state index is 14.4. The summed E-state index contributed by atoms with van der Waals surface area (Å²) in [6, 6.07) is 8.38. The van der Waals surface area contributed by atoms with Crippen LogP contribution in [0.15, 0.2) is 49.1 Å². The lowest BCUT2D eigenvalue weighted by Crippen LogP contribution is -2.24. The zero-order valence-electron chi connectivity index (χ0n) is 29.9. The van der Waals surface area contributed by atoms with Crippen molar-refractivity contribution in [3.05, 3.63) is 108 Å². The van der Waals surface area contributed by atoms with Crippen molar-refractivity contribution in [2.75, 3.05) is 24.7 Å². The average molecular weight is 901 g/mol. The van der Waals surface area contributed by atoms with Gasteiger partial charge in [0.15, 0.2) is 5.69 Å². The van der Waals surface area contributed by atoms with Gasteiger partial charge in [-0.15, -0.1) is 0 Å². The molecule has 7 N–H and O–H groups in total. The number of hydrogen-bond donors (Lipinski definition) is 5. The minimum atomic E-state index is -0.493. The van der Waals surface area contributed by atoms with Gasteiger partial charge in [0.05, 0.1) is 42.7 Å². The number of carbonyl (C=O) groups is 3. The molecule has 0 fully saturated rings. The van der Waals surface area contributed by atoms with E-state index in [1.807, 2.05) is 42.5 Å². The first kappa shape index (κ1) is 44.3. The number of nitrogen functional groups attached to an aromatic ring is 2. The molecule has 1 aromatic carbocycles. The van der Waals surface area contributed by atoms with Gasteiger partial charge in [0.1, 0.15) is 43.9 Å². The van der Waals surface area contributed by atoms with Crippen LogP contribution in [-0.4, -0.2) is 71.2 Å². The largest absolute Gasteiger partial charge is 0.462 e. The molecule has 1 amide bonds. The molecule has 0 atom stereocenters. The Bertz CT molecular complexity index is 2290. The second-order valence-electron chi connectivity index (χ2n) is 11.4. The Morgan fingerprint density at radius 2 is 1.66 bits per heavy atom. The molecule has 56 heavy (non-hydrogen) atoms. The highest BCUT2D eigenvalue weighted by molar-refractivity contribution is 14.1. The van der Waals surface area contributed by atoms with Crippen molar-refractivity contribution in [2.45, 2.75) is 48.2 Å². The third kappa shape index (κ3) is 11.4. The van der Waals surface area contributed by atoms with E-state index >= 15 is 0 Å². The van der Waals surface area contributed by atoms with Crippen LogP contribution < -0.4 is 16.8 Å². The number of esters is 2. The minimum Gasteiger partial charge on any atom is -0.462 e. The van der Waals surface area contributed by atoms with Crippen molar-refractivity contribution < 1.29 is 28.2 Å². The number of ether oxygens (including phenoxy) is 2. The number of halogens is 3. The summed E-state index contributed by atoms with van der Waals surface area (Å²) < 4.78 is 26.0. The third-order valence-electron chi connectivity index (χ3n) is 7.47. The average Bonchev–Trinajstić information content (AvgIpc) is 3.88. The van der Waals surface area contributed by atoms with E-state index in [0.29, 0.717) is 44.3 Å². The lowest BCUT2D eigenvalue weighted by atomic mass is 10.1. The molecule has 20 heteroatoms. The molecular weight excluding hydrogens is 862 g/mol.